The fourth-order valence-corrected chi connectivity index (χ4v) is 13.0. The Balaban J connectivity index is 0.999. The number of para-hydroxylation sites is 3. The van der Waals surface area contributed by atoms with Crippen LogP contribution in [-0.2, 0) is 16.2 Å². The minimum atomic E-state index is -1.00. The number of hydrogen-bond acceptors (Lipinski definition) is 4. The fraction of sp³-hybridized carbons (Fsp3) is 0.155. The lowest BCUT2D eigenvalue weighted by molar-refractivity contribution is 0.483. The summed E-state index contributed by atoms with van der Waals surface area (Å²) in [7, 11) is 0. The number of aromatic nitrogens is 2. The van der Waals surface area contributed by atoms with Gasteiger partial charge < -0.3 is 14.5 Å². The normalized spacial score (nSPS) is 12.7. The summed E-state index contributed by atoms with van der Waals surface area (Å²) in [6.07, 6.45) is 1.89. The molecular weight excluding hydrogens is 1140 g/mol. The van der Waals surface area contributed by atoms with Crippen molar-refractivity contribution in [2.75, 3.05) is 16.5 Å². The van der Waals surface area contributed by atoms with Crippen LogP contribution in [0.2, 0.25) is 0 Å². The van der Waals surface area contributed by atoms with Gasteiger partial charge in [-0.2, -0.15) is 0 Å². The van der Waals surface area contributed by atoms with Gasteiger partial charge in [0.25, 0.3) is 0 Å². The molecule has 0 bridgehead atoms. The highest BCUT2D eigenvalue weighted by molar-refractivity contribution is 6.09. The molecular formula is C84H71F3N4O. The van der Waals surface area contributed by atoms with E-state index in [1.807, 2.05) is 72.9 Å². The minimum absolute atomic E-state index is 0.104. The average molecular weight is 1210 g/mol. The van der Waals surface area contributed by atoms with E-state index >= 15 is 13.2 Å². The molecule has 8 heteroatoms. The quantitative estimate of drug-likeness (QED) is 0.129. The second-order valence-electron chi connectivity index (χ2n) is 27.3. The lowest BCUT2D eigenvalue weighted by Crippen LogP contribution is -2.25. The third-order valence-corrected chi connectivity index (χ3v) is 17.9. The maximum Gasteiger partial charge on any atom is 0.137 e. The van der Waals surface area contributed by atoms with Crippen molar-refractivity contribution in [1.82, 2.24) is 9.55 Å². The highest BCUT2D eigenvalue weighted by Crippen LogP contribution is 2.54. The Morgan fingerprint density at radius 2 is 0.870 bits per heavy atom. The fourth-order valence-electron chi connectivity index (χ4n) is 13.0. The van der Waals surface area contributed by atoms with Gasteiger partial charge in [-0.3, -0.25) is 4.57 Å². The molecule has 1 aliphatic rings. The maximum absolute atomic E-state index is 17.1. The summed E-state index contributed by atoms with van der Waals surface area (Å²) in [6.45, 7) is 20.1. The number of fused-ring (bicyclic) bond motifs is 4. The maximum atomic E-state index is 17.1. The second-order valence-corrected chi connectivity index (χ2v) is 27.3. The Morgan fingerprint density at radius 1 is 0.370 bits per heavy atom. The molecule has 0 radical (unpaired) electrons. The first-order valence-electron chi connectivity index (χ1n) is 31.5. The smallest absolute Gasteiger partial charge is 0.137 e. The van der Waals surface area contributed by atoms with Gasteiger partial charge in [-0.25, -0.2) is 18.2 Å². The summed E-state index contributed by atoms with van der Waals surface area (Å²) in [5, 5.41) is 2.18. The lowest BCUT2D eigenvalue weighted by atomic mass is 9.78. The van der Waals surface area contributed by atoms with Crippen molar-refractivity contribution in [3.05, 3.63) is 289 Å². The summed E-state index contributed by atoms with van der Waals surface area (Å²) in [6, 6.07) is 83.4. The monoisotopic (exact) mass is 1210 g/mol. The molecule has 5 nitrogen and oxygen atoms in total. The van der Waals surface area contributed by atoms with Crippen LogP contribution in [0.15, 0.2) is 255 Å². The summed E-state index contributed by atoms with van der Waals surface area (Å²) in [5.41, 5.74) is 17.1. The van der Waals surface area contributed by atoms with Crippen LogP contribution in [0, 0.1) is 17.5 Å². The van der Waals surface area contributed by atoms with E-state index < -0.39 is 17.5 Å². The summed E-state index contributed by atoms with van der Waals surface area (Å²) < 4.78 is 58.9. The molecule has 0 atom stereocenters. The number of hydrogen-bond donors (Lipinski definition) is 0. The lowest BCUT2D eigenvalue weighted by Gasteiger charge is -2.30. The Bertz CT molecular complexity index is 4860. The van der Waals surface area contributed by atoms with Crippen molar-refractivity contribution >= 4 is 44.6 Å². The third kappa shape index (κ3) is 11.3. The van der Waals surface area contributed by atoms with Gasteiger partial charge in [-0.1, -0.05) is 202 Å². The summed E-state index contributed by atoms with van der Waals surface area (Å²) in [4.78, 5) is 9.40. The van der Waals surface area contributed by atoms with E-state index in [0.29, 0.717) is 17.2 Å². The van der Waals surface area contributed by atoms with Crippen LogP contribution < -0.4 is 14.5 Å². The Hall–Kier alpha value is -10.4. The molecule has 0 fully saturated rings. The molecule has 3 heterocycles. The minimum Gasteiger partial charge on any atom is -0.457 e. The molecule has 13 aromatic rings. The Morgan fingerprint density at radius 3 is 1.46 bits per heavy atom. The van der Waals surface area contributed by atoms with Gasteiger partial charge >= 0.3 is 0 Å². The number of benzene rings is 11. The second kappa shape index (κ2) is 23.1. The van der Waals surface area contributed by atoms with Crippen molar-refractivity contribution in [3.63, 3.8) is 0 Å². The number of halogens is 3. The zero-order valence-corrected chi connectivity index (χ0v) is 53.3. The largest absolute Gasteiger partial charge is 0.457 e. The molecule has 0 N–H and O–H groups in total. The van der Waals surface area contributed by atoms with Gasteiger partial charge in [0.15, 0.2) is 0 Å². The van der Waals surface area contributed by atoms with Crippen molar-refractivity contribution in [2.24, 2.45) is 0 Å². The number of rotatable bonds is 11. The van der Waals surface area contributed by atoms with Gasteiger partial charge in [0.2, 0.25) is 0 Å². The Kier molecular flexibility index (Phi) is 14.9. The van der Waals surface area contributed by atoms with E-state index in [-0.39, 0.29) is 34.0 Å². The zero-order chi connectivity index (χ0) is 63.8. The molecule has 92 heavy (non-hydrogen) atoms. The van der Waals surface area contributed by atoms with Crippen LogP contribution in [0.1, 0.15) is 79.0 Å². The van der Waals surface area contributed by atoms with Crippen LogP contribution in [0.25, 0.3) is 94.4 Å². The summed E-state index contributed by atoms with van der Waals surface area (Å²) >= 11 is 0. The standard InChI is InChI=1S/C84H71F3N4O/c1-82(2,3)62-35-36-88-79(47-62)91-75-30-20-19-29-69(75)70-34-33-67(51-78(70)91)92-68-43-59(58-38-56(53-23-13-10-14-24-53)37-57(39-58)54-25-15-11-16-26-54)42-66(50-68)89-52-90(77-32-22-21-31-76(77)89)81-71(61-40-63(83(4,5)6)46-64(41-61)84(7,8)9)44-60(55-27-17-12-18-28-55)45-72(81)80-73(86)48-65(85)49-74(80)87/h10-51H,52H2,1-9H3. The van der Waals surface area contributed by atoms with Crippen LogP contribution in [-0.4, -0.2) is 16.2 Å². The molecule has 2 aromatic heterocycles. The molecule has 1 aliphatic heterocycles. The number of nitrogens with zero attached hydrogens (tertiary/aromatic N) is 4. The molecule has 0 saturated carbocycles. The molecule has 0 spiro atoms. The first-order valence-corrected chi connectivity index (χ1v) is 31.5. The first-order chi connectivity index (χ1) is 44.2. The van der Waals surface area contributed by atoms with E-state index in [1.165, 1.54) is 5.56 Å². The van der Waals surface area contributed by atoms with E-state index in [9.17, 15) is 0 Å². The molecule has 11 aromatic carbocycles. The highest BCUT2D eigenvalue weighted by atomic mass is 19.1. The van der Waals surface area contributed by atoms with Crippen LogP contribution >= 0.6 is 0 Å². The summed E-state index contributed by atoms with van der Waals surface area (Å²) in [5.74, 6) is -0.962. The predicted molar refractivity (Wildman–Crippen MR) is 376 cm³/mol. The highest BCUT2D eigenvalue weighted by Gasteiger charge is 2.35. The van der Waals surface area contributed by atoms with Crippen LogP contribution in [0.4, 0.5) is 35.9 Å². The molecule has 0 saturated heterocycles. The molecule has 454 valence electrons. The zero-order valence-electron chi connectivity index (χ0n) is 53.3. The van der Waals surface area contributed by atoms with Crippen molar-refractivity contribution in [1.29, 1.82) is 0 Å². The van der Waals surface area contributed by atoms with E-state index in [4.69, 9.17) is 9.72 Å². The Labute approximate surface area is 537 Å². The van der Waals surface area contributed by atoms with Crippen molar-refractivity contribution < 1.29 is 17.9 Å². The van der Waals surface area contributed by atoms with Crippen LogP contribution in [0.3, 0.4) is 0 Å². The van der Waals surface area contributed by atoms with Gasteiger partial charge in [-0.05, 0) is 168 Å². The SMILES string of the molecule is CC(C)(C)c1cc(-c2cc(-c3ccccc3)cc(-c3c(F)cc(F)cc3F)c2N2CN(c3cc(Oc4ccc5c6ccccc6n(-c6cc(C(C)(C)C)ccn6)c5c4)cc(-c4cc(-c5ccccc5)cc(-c5ccccc5)c4)c3)c3ccccc32)cc(C(C)(C)C)c1. The van der Waals surface area contributed by atoms with Gasteiger partial charge in [0, 0.05) is 58.0 Å². The topological polar surface area (TPSA) is 33.5 Å². The average Bonchev–Trinajstić information content (AvgIpc) is 1.47. The molecule has 14 rings (SSSR count). The number of pyridine rings is 1. The van der Waals surface area contributed by atoms with E-state index in [2.05, 4.69) is 247 Å². The molecule has 0 amide bonds. The third-order valence-electron chi connectivity index (χ3n) is 17.9. The van der Waals surface area contributed by atoms with Gasteiger partial charge in [-0.15, -0.1) is 0 Å². The van der Waals surface area contributed by atoms with Gasteiger partial charge in [0.1, 0.15) is 41.4 Å². The molecule has 0 aliphatic carbocycles. The van der Waals surface area contributed by atoms with Crippen LogP contribution in [0.5, 0.6) is 11.5 Å². The predicted octanol–water partition coefficient (Wildman–Crippen LogP) is 23.5. The van der Waals surface area contributed by atoms with Crippen molar-refractivity contribution in [2.45, 2.75) is 78.6 Å². The first kappa shape index (κ1) is 59.2. The molecule has 0 unspecified atom stereocenters. The van der Waals surface area contributed by atoms with Crippen molar-refractivity contribution in [3.8, 4) is 84.1 Å². The van der Waals surface area contributed by atoms with Gasteiger partial charge in [0.05, 0.1) is 33.7 Å². The number of ether oxygens (including phenoxy) is 1. The van der Waals surface area contributed by atoms with E-state index in [0.717, 1.165) is 124 Å². The van der Waals surface area contributed by atoms with E-state index in [1.54, 1.807) is 0 Å². The number of anilines is 4.